The molecule has 0 spiro atoms. The number of hydrogen-bond donors (Lipinski definition) is 1. The zero-order valence-corrected chi connectivity index (χ0v) is 9.93. The van der Waals surface area contributed by atoms with Gasteiger partial charge in [-0.05, 0) is 19.3 Å². The fraction of sp³-hybridized carbons (Fsp3) is 0.636. The van der Waals surface area contributed by atoms with Crippen LogP contribution in [0, 0.1) is 11.5 Å². The van der Waals surface area contributed by atoms with Gasteiger partial charge < -0.3 is 5.11 Å². The van der Waals surface area contributed by atoms with Crippen LogP contribution in [-0.2, 0) is 0 Å². The Labute approximate surface area is 82.9 Å². The third-order valence-corrected chi connectivity index (χ3v) is 2.39. The lowest BCUT2D eigenvalue weighted by atomic mass is 10.1. The van der Waals surface area contributed by atoms with E-state index < -0.39 is 14.2 Å². The van der Waals surface area contributed by atoms with E-state index in [0.29, 0.717) is 0 Å². The molecule has 0 aromatic carbocycles. The van der Waals surface area contributed by atoms with E-state index in [4.69, 9.17) is 0 Å². The molecule has 0 fully saturated rings. The summed E-state index contributed by atoms with van der Waals surface area (Å²) in [4.78, 5) is 0. The average Bonchev–Trinajstić information content (AvgIpc) is 2.00. The minimum Gasteiger partial charge on any atom is -0.380 e. The smallest absolute Gasteiger partial charge is 0.129 e. The van der Waals surface area contributed by atoms with Crippen LogP contribution in [0.1, 0.15) is 19.3 Å². The van der Waals surface area contributed by atoms with Crippen molar-refractivity contribution in [1.29, 1.82) is 0 Å². The van der Waals surface area contributed by atoms with Crippen LogP contribution in [-0.4, -0.2) is 19.3 Å². The molecule has 0 amide bonds. The van der Waals surface area contributed by atoms with Gasteiger partial charge in [0.2, 0.25) is 0 Å². The van der Waals surface area contributed by atoms with Gasteiger partial charge in [0.15, 0.2) is 0 Å². The highest BCUT2D eigenvalue weighted by Gasteiger charge is 2.08. The van der Waals surface area contributed by atoms with Gasteiger partial charge in [-0.25, -0.2) is 0 Å². The summed E-state index contributed by atoms with van der Waals surface area (Å²) >= 11 is 0. The Morgan fingerprint density at radius 1 is 1.46 bits per heavy atom. The first kappa shape index (κ1) is 12.5. The van der Waals surface area contributed by atoms with Crippen LogP contribution in [0.25, 0.3) is 0 Å². The molecule has 0 bridgehead atoms. The molecule has 0 aliphatic heterocycles. The van der Waals surface area contributed by atoms with Crippen molar-refractivity contribution in [2.45, 2.75) is 45.0 Å². The molecule has 0 heterocycles. The van der Waals surface area contributed by atoms with Gasteiger partial charge in [0.25, 0.3) is 0 Å². The highest BCUT2D eigenvalue weighted by Crippen LogP contribution is 2.02. The third-order valence-electron chi connectivity index (χ3n) is 1.50. The molecule has 0 radical (unpaired) electrons. The van der Waals surface area contributed by atoms with Crippen LogP contribution in [0.5, 0.6) is 0 Å². The molecule has 0 aromatic rings. The number of unbranched alkanes of at least 4 members (excludes halogenated alkanes) is 1. The number of aliphatic hydroxyl groups is 1. The molecule has 74 valence electrons. The molecule has 1 N–H and O–H groups in total. The van der Waals surface area contributed by atoms with E-state index in [2.05, 4.69) is 37.7 Å². The van der Waals surface area contributed by atoms with E-state index in [1.165, 1.54) is 0 Å². The van der Waals surface area contributed by atoms with Gasteiger partial charge in [-0.1, -0.05) is 31.6 Å². The Kier molecular flexibility index (Phi) is 5.77. The van der Waals surface area contributed by atoms with Crippen molar-refractivity contribution in [3.05, 3.63) is 12.7 Å². The van der Waals surface area contributed by atoms with E-state index in [0.717, 1.165) is 19.3 Å². The van der Waals surface area contributed by atoms with Crippen molar-refractivity contribution in [2.24, 2.45) is 0 Å². The van der Waals surface area contributed by atoms with Crippen molar-refractivity contribution < 1.29 is 5.11 Å². The summed E-state index contributed by atoms with van der Waals surface area (Å²) in [6.45, 7) is 10.2. The van der Waals surface area contributed by atoms with Crippen LogP contribution >= 0.6 is 0 Å². The fourth-order valence-corrected chi connectivity index (χ4v) is 1.43. The SMILES string of the molecule is C=CCCC[C@H](O)C#C[Si](C)(C)C. The van der Waals surface area contributed by atoms with E-state index in [1.807, 2.05) is 6.08 Å². The summed E-state index contributed by atoms with van der Waals surface area (Å²) in [6, 6.07) is 0. The lowest BCUT2D eigenvalue weighted by Gasteiger charge is -2.06. The van der Waals surface area contributed by atoms with Gasteiger partial charge in [-0.15, -0.1) is 12.1 Å². The van der Waals surface area contributed by atoms with E-state index in [-0.39, 0.29) is 0 Å². The normalized spacial score (nSPS) is 12.9. The lowest BCUT2D eigenvalue weighted by molar-refractivity contribution is 0.219. The summed E-state index contributed by atoms with van der Waals surface area (Å²) in [7, 11) is -1.31. The third kappa shape index (κ3) is 9.39. The standard InChI is InChI=1S/C11H20OSi/c1-5-6-7-8-11(12)9-10-13(2,3)4/h5,11-12H,1,6-8H2,2-4H3/t11-/m0/s1. The van der Waals surface area contributed by atoms with E-state index in [1.54, 1.807) is 0 Å². The molecule has 1 atom stereocenters. The van der Waals surface area contributed by atoms with Crippen LogP contribution in [0.3, 0.4) is 0 Å². The number of hydrogen-bond acceptors (Lipinski definition) is 1. The monoisotopic (exact) mass is 196 g/mol. The zero-order valence-electron chi connectivity index (χ0n) is 8.93. The largest absolute Gasteiger partial charge is 0.380 e. The second-order valence-electron chi connectivity index (χ2n) is 4.25. The van der Waals surface area contributed by atoms with Crippen molar-refractivity contribution in [2.75, 3.05) is 0 Å². The summed E-state index contributed by atoms with van der Waals surface area (Å²) in [5, 5.41) is 9.45. The lowest BCUT2D eigenvalue weighted by Crippen LogP contribution is -2.17. The Bertz CT molecular complexity index is 204. The molecule has 13 heavy (non-hydrogen) atoms. The Hall–Kier alpha value is -0.523. The zero-order chi connectivity index (χ0) is 10.3. The molecule has 2 heteroatoms. The predicted molar refractivity (Wildman–Crippen MR) is 61.2 cm³/mol. The molecular weight excluding hydrogens is 176 g/mol. The minimum atomic E-state index is -1.31. The molecule has 0 unspecified atom stereocenters. The average molecular weight is 196 g/mol. The number of allylic oxidation sites excluding steroid dienone is 1. The fourth-order valence-electron chi connectivity index (χ4n) is 0.828. The summed E-state index contributed by atoms with van der Waals surface area (Å²) in [5.74, 6) is 2.91. The maximum Gasteiger partial charge on any atom is 0.129 e. The molecule has 0 aromatic heterocycles. The van der Waals surface area contributed by atoms with Gasteiger partial charge in [-0.3, -0.25) is 0 Å². The quantitative estimate of drug-likeness (QED) is 0.317. The van der Waals surface area contributed by atoms with Crippen LogP contribution in [0.4, 0.5) is 0 Å². The molecule has 0 saturated heterocycles. The Morgan fingerprint density at radius 3 is 2.54 bits per heavy atom. The topological polar surface area (TPSA) is 20.2 Å². The van der Waals surface area contributed by atoms with Crippen LogP contribution in [0.2, 0.25) is 19.6 Å². The van der Waals surface area contributed by atoms with E-state index >= 15 is 0 Å². The molecule has 0 aliphatic carbocycles. The van der Waals surface area contributed by atoms with Crippen molar-refractivity contribution >= 4 is 8.07 Å². The first-order chi connectivity index (χ1) is 5.95. The van der Waals surface area contributed by atoms with Crippen LogP contribution in [0.15, 0.2) is 12.7 Å². The molecule has 1 nitrogen and oxygen atoms in total. The molecule has 0 rings (SSSR count). The second kappa shape index (κ2) is 6.01. The number of rotatable bonds is 4. The summed E-state index contributed by atoms with van der Waals surface area (Å²) in [5.41, 5.74) is 3.16. The van der Waals surface area contributed by atoms with Crippen molar-refractivity contribution in [3.8, 4) is 11.5 Å². The molecular formula is C11H20OSi. The van der Waals surface area contributed by atoms with Gasteiger partial charge >= 0.3 is 0 Å². The Balaban J connectivity index is 3.77. The first-order valence-electron chi connectivity index (χ1n) is 4.77. The van der Waals surface area contributed by atoms with Crippen LogP contribution < -0.4 is 0 Å². The van der Waals surface area contributed by atoms with E-state index in [9.17, 15) is 5.11 Å². The molecule has 0 saturated carbocycles. The maximum absolute atomic E-state index is 9.45. The second-order valence-corrected chi connectivity index (χ2v) is 9.00. The van der Waals surface area contributed by atoms with Crippen molar-refractivity contribution in [1.82, 2.24) is 0 Å². The van der Waals surface area contributed by atoms with Crippen molar-refractivity contribution in [3.63, 3.8) is 0 Å². The van der Waals surface area contributed by atoms with Gasteiger partial charge in [-0.2, -0.15) is 0 Å². The van der Waals surface area contributed by atoms with Gasteiger partial charge in [0.1, 0.15) is 14.2 Å². The summed E-state index contributed by atoms with van der Waals surface area (Å²) in [6.07, 6.45) is 4.14. The highest BCUT2D eigenvalue weighted by molar-refractivity contribution is 6.83. The number of aliphatic hydroxyl groups excluding tert-OH is 1. The summed E-state index contributed by atoms with van der Waals surface area (Å²) < 4.78 is 0. The molecule has 0 aliphatic rings. The predicted octanol–water partition coefficient (Wildman–Crippen LogP) is 2.58. The highest BCUT2D eigenvalue weighted by atomic mass is 28.3. The first-order valence-corrected chi connectivity index (χ1v) is 8.27. The van der Waals surface area contributed by atoms with Gasteiger partial charge in [0, 0.05) is 0 Å². The van der Waals surface area contributed by atoms with Gasteiger partial charge in [0.05, 0.1) is 0 Å². The minimum absolute atomic E-state index is 0.438. The maximum atomic E-state index is 9.45. The Morgan fingerprint density at radius 2 is 2.08 bits per heavy atom.